The Hall–Kier alpha value is -2.67. The molecule has 3 rings (SSSR count). The fraction of sp³-hybridized carbons (Fsp3) is 0.0714. The van der Waals surface area contributed by atoms with Crippen molar-refractivity contribution >= 4 is 22.8 Å². The molecule has 0 atom stereocenters. The van der Waals surface area contributed by atoms with Crippen LogP contribution in [0.2, 0.25) is 0 Å². The third kappa shape index (κ3) is 2.27. The van der Waals surface area contributed by atoms with Crippen LogP contribution < -0.4 is 5.73 Å². The molecule has 106 valence electrons. The first-order chi connectivity index (χ1) is 10.1. The van der Waals surface area contributed by atoms with Crippen LogP contribution in [0.5, 0.6) is 0 Å². The van der Waals surface area contributed by atoms with Gasteiger partial charge in [-0.05, 0) is 18.4 Å². The van der Waals surface area contributed by atoms with Gasteiger partial charge in [-0.3, -0.25) is 10.1 Å². The number of thiophene rings is 1. The molecule has 0 bridgehead atoms. The molecule has 3 aromatic rings. The average Bonchev–Trinajstić information content (AvgIpc) is 3.08. The van der Waals surface area contributed by atoms with Crippen molar-refractivity contribution in [2.24, 2.45) is 0 Å². The quantitative estimate of drug-likeness (QED) is 0.585. The lowest BCUT2D eigenvalue weighted by atomic mass is 10.0. The van der Waals surface area contributed by atoms with Gasteiger partial charge in [-0.1, -0.05) is 23.4 Å². The second kappa shape index (κ2) is 5.02. The highest BCUT2D eigenvalue weighted by Gasteiger charge is 2.21. The number of nitrogen functional groups attached to an aromatic ring is 1. The topological polar surface area (TPSA) is 95.2 Å². The Kier molecular flexibility index (Phi) is 3.19. The molecule has 0 aliphatic rings. The molecule has 0 spiro atoms. The Balaban J connectivity index is 2.19. The molecule has 2 aromatic heterocycles. The average molecular weight is 301 g/mol. The number of nitro benzene ring substituents is 1. The lowest BCUT2D eigenvalue weighted by Gasteiger charge is -2.02. The predicted octanol–water partition coefficient (Wildman–Crippen LogP) is 3.87. The minimum atomic E-state index is -0.413. The van der Waals surface area contributed by atoms with Crippen LogP contribution in [0.1, 0.15) is 5.56 Å². The Labute approximate surface area is 124 Å². The van der Waals surface area contributed by atoms with Gasteiger partial charge in [-0.2, -0.15) is 0 Å². The number of nitrogens with zero attached hydrogens (tertiary/aromatic N) is 2. The number of anilines is 1. The van der Waals surface area contributed by atoms with Crippen molar-refractivity contribution in [3.8, 4) is 21.8 Å². The van der Waals surface area contributed by atoms with Crippen LogP contribution in [-0.2, 0) is 0 Å². The van der Waals surface area contributed by atoms with Crippen molar-refractivity contribution in [2.75, 3.05) is 5.73 Å². The van der Waals surface area contributed by atoms with E-state index in [2.05, 4.69) is 5.16 Å². The third-order valence-corrected chi connectivity index (χ3v) is 4.04. The zero-order valence-electron chi connectivity index (χ0n) is 11.1. The molecular formula is C14H11N3O3S. The van der Waals surface area contributed by atoms with Crippen LogP contribution in [0, 0.1) is 17.0 Å². The first-order valence-electron chi connectivity index (χ1n) is 6.12. The molecule has 0 amide bonds. The largest absolute Gasteiger partial charge is 0.380 e. The molecular weight excluding hydrogens is 290 g/mol. The van der Waals surface area contributed by atoms with Crippen LogP contribution in [0.25, 0.3) is 21.8 Å². The van der Waals surface area contributed by atoms with Gasteiger partial charge in [-0.25, -0.2) is 0 Å². The van der Waals surface area contributed by atoms with E-state index in [0.717, 1.165) is 4.88 Å². The van der Waals surface area contributed by atoms with Crippen molar-refractivity contribution in [1.82, 2.24) is 5.16 Å². The monoisotopic (exact) mass is 301 g/mol. The maximum Gasteiger partial charge on any atom is 0.273 e. The van der Waals surface area contributed by atoms with Gasteiger partial charge in [0.2, 0.25) is 0 Å². The molecule has 0 aliphatic carbocycles. The molecule has 2 heterocycles. The zero-order chi connectivity index (χ0) is 15.0. The Morgan fingerprint density at radius 1 is 1.38 bits per heavy atom. The van der Waals surface area contributed by atoms with Gasteiger partial charge >= 0.3 is 0 Å². The Morgan fingerprint density at radius 3 is 2.86 bits per heavy atom. The van der Waals surface area contributed by atoms with Gasteiger partial charge in [0.05, 0.1) is 10.5 Å². The molecule has 2 N–H and O–H groups in total. The summed E-state index contributed by atoms with van der Waals surface area (Å²) in [4.78, 5) is 11.6. The van der Waals surface area contributed by atoms with E-state index in [0.29, 0.717) is 22.5 Å². The molecule has 0 aliphatic heterocycles. The van der Waals surface area contributed by atoms with E-state index in [1.54, 1.807) is 19.1 Å². The smallest absolute Gasteiger partial charge is 0.273 e. The number of rotatable bonds is 3. The summed E-state index contributed by atoms with van der Waals surface area (Å²) < 4.78 is 5.29. The summed E-state index contributed by atoms with van der Waals surface area (Å²) >= 11 is 1.50. The number of nitro groups is 1. The van der Waals surface area contributed by atoms with Gasteiger partial charge in [0.15, 0.2) is 11.6 Å². The van der Waals surface area contributed by atoms with Crippen molar-refractivity contribution < 1.29 is 9.45 Å². The first kappa shape index (κ1) is 13.3. The van der Waals surface area contributed by atoms with Crippen LogP contribution in [0.15, 0.2) is 40.2 Å². The highest BCUT2D eigenvalue weighted by molar-refractivity contribution is 7.13. The number of aromatic nitrogens is 1. The van der Waals surface area contributed by atoms with Crippen molar-refractivity contribution in [3.05, 3.63) is 51.4 Å². The summed E-state index contributed by atoms with van der Waals surface area (Å²) in [6, 6.07) is 8.73. The molecule has 6 nitrogen and oxygen atoms in total. The highest BCUT2D eigenvalue weighted by Crippen LogP contribution is 2.39. The lowest BCUT2D eigenvalue weighted by molar-refractivity contribution is -0.385. The van der Waals surface area contributed by atoms with Crippen LogP contribution >= 0.6 is 11.3 Å². The molecule has 0 saturated carbocycles. The Morgan fingerprint density at radius 2 is 2.19 bits per heavy atom. The second-order valence-electron chi connectivity index (χ2n) is 4.51. The molecule has 0 fully saturated rings. The minimum Gasteiger partial charge on any atom is -0.380 e. The van der Waals surface area contributed by atoms with E-state index >= 15 is 0 Å². The van der Waals surface area contributed by atoms with E-state index in [1.807, 2.05) is 17.5 Å². The van der Waals surface area contributed by atoms with Gasteiger partial charge in [0.25, 0.3) is 5.69 Å². The second-order valence-corrected chi connectivity index (χ2v) is 5.46. The van der Waals surface area contributed by atoms with Crippen molar-refractivity contribution in [2.45, 2.75) is 6.92 Å². The molecule has 0 saturated heterocycles. The molecule has 0 radical (unpaired) electrons. The van der Waals surface area contributed by atoms with Gasteiger partial charge in [0, 0.05) is 22.1 Å². The molecule has 21 heavy (non-hydrogen) atoms. The molecule has 1 aromatic carbocycles. The minimum absolute atomic E-state index is 0.0413. The van der Waals surface area contributed by atoms with Gasteiger partial charge in [-0.15, -0.1) is 11.3 Å². The molecule has 7 heteroatoms. The van der Waals surface area contributed by atoms with E-state index in [1.165, 1.54) is 17.4 Å². The molecule has 0 unspecified atom stereocenters. The van der Waals surface area contributed by atoms with E-state index in [4.69, 9.17) is 10.3 Å². The predicted molar refractivity (Wildman–Crippen MR) is 81.1 cm³/mol. The Bertz CT molecular complexity index is 809. The summed E-state index contributed by atoms with van der Waals surface area (Å²) in [6.45, 7) is 1.69. The van der Waals surface area contributed by atoms with E-state index in [9.17, 15) is 10.1 Å². The maximum atomic E-state index is 11.1. The first-order valence-corrected chi connectivity index (χ1v) is 7.00. The SMILES string of the molecule is Cc1ccc(-c2onc(N)c2-c2cccs2)cc1[N+](=O)[O-]. The number of benzene rings is 1. The van der Waals surface area contributed by atoms with Crippen molar-refractivity contribution in [3.63, 3.8) is 0 Å². The maximum absolute atomic E-state index is 11.1. The summed E-state index contributed by atoms with van der Waals surface area (Å²) in [5.41, 5.74) is 7.75. The van der Waals surface area contributed by atoms with Crippen molar-refractivity contribution in [1.29, 1.82) is 0 Å². The van der Waals surface area contributed by atoms with E-state index < -0.39 is 4.92 Å². The normalized spacial score (nSPS) is 10.7. The summed E-state index contributed by atoms with van der Waals surface area (Å²) in [7, 11) is 0. The van der Waals surface area contributed by atoms with Gasteiger partial charge in [0.1, 0.15) is 0 Å². The number of aryl methyl sites for hydroxylation is 1. The zero-order valence-corrected chi connectivity index (χ0v) is 11.9. The van der Waals surface area contributed by atoms with Crippen LogP contribution in [0.4, 0.5) is 11.5 Å². The number of hydrogen-bond acceptors (Lipinski definition) is 6. The van der Waals surface area contributed by atoms with Crippen LogP contribution in [0.3, 0.4) is 0 Å². The fourth-order valence-corrected chi connectivity index (χ4v) is 2.88. The van der Waals surface area contributed by atoms with Gasteiger partial charge < -0.3 is 10.3 Å². The van der Waals surface area contributed by atoms with E-state index in [-0.39, 0.29) is 11.5 Å². The summed E-state index contributed by atoms with van der Waals surface area (Å²) in [5.74, 6) is 0.716. The number of hydrogen-bond donors (Lipinski definition) is 1. The number of nitrogens with two attached hydrogens (primary N) is 1. The lowest BCUT2D eigenvalue weighted by Crippen LogP contribution is -1.92. The fourth-order valence-electron chi connectivity index (χ4n) is 2.11. The summed E-state index contributed by atoms with van der Waals surface area (Å²) in [6.07, 6.45) is 0. The highest BCUT2D eigenvalue weighted by atomic mass is 32.1. The van der Waals surface area contributed by atoms with Crippen LogP contribution in [-0.4, -0.2) is 10.1 Å². The standard InChI is InChI=1S/C14H11N3O3S/c1-8-4-5-9(7-10(8)17(18)19)13-12(14(15)16-20-13)11-3-2-6-21-11/h2-7H,1H3,(H2,15,16). The third-order valence-electron chi connectivity index (χ3n) is 3.15. The summed E-state index contributed by atoms with van der Waals surface area (Å²) in [5, 5.41) is 16.8.